The van der Waals surface area contributed by atoms with Crippen LogP contribution in [0.1, 0.15) is 38.4 Å². The number of nitrogens with zero attached hydrogens (tertiary/aromatic N) is 2. The van der Waals surface area contributed by atoms with Gasteiger partial charge in [0.05, 0.1) is 13.7 Å². The molecule has 0 amide bonds. The lowest BCUT2D eigenvalue weighted by atomic mass is 10.00. The Kier molecular flexibility index (Phi) is 4.78. The molecule has 2 heterocycles. The predicted molar refractivity (Wildman–Crippen MR) is 86.8 cm³/mol. The first kappa shape index (κ1) is 15.1. The van der Waals surface area contributed by atoms with Gasteiger partial charge in [0.2, 0.25) is 0 Å². The van der Waals surface area contributed by atoms with Gasteiger partial charge in [-0.3, -0.25) is 4.90 Å². The third-order valence-corrected chi connectivity index (χ3v) is 4.52. The van der Waals surface area contributed by atoms with Crippen molar-refractivity contribution in [1.29, 1.82) is 0 Å². The predicted octanol–water partition coefficient (Wildman–Crippen LogP) is 4.11. The molecule has 1 aliphatic rings. The van der Waals surface area contributed by atoms with E-state index < -0.39 is 0 Å². The van der Waals surface area contributed by atoms with E-state index in [1.54, 1.807) is 7.11 Å². The molecule has 0 aliphatic carbocycles. The van der Waals surface area contributed by atoms with Gasteiger partial charge in [0.1, 0.15) is 11.4 Å². The maximum Gasteiger partial charge on any atom is 0.151 e. The average Bonchev–Trinajstić information content (AvgIpc) is 3.03. The fourth-order valence-electron chi connectivity index (χ4n) is 3.30. The van der Waals surface area contributed by atoms with Gasteiger partial charge in [-0.05, 0) is 37.9 Å². The molecule has 0 saturated carbocycles. The Morgan fingerprint density at radius 1 is 1.32 bits per heavy atom. The molecule has 1 saturated heterocycles. The van der Waals surface area contributed by atoms with Crippen LogP contribution in [0, 0.1) is 0 Å². The van der Waals surface area contributed by atoms with Crippen molar-refractivity contribution < 1.29 is 9.26 Å². The van der Waals surface area contributed by atoms with Crippen LogP contribution in [0.4, 0.5) is 0 Å². The summed E-state index contributed by atoms with van der Waals surface area (Å²) in [6.45, 7) is 4.27. The van der Waals surface area contributed by atoms with E-state index >= 15 is 0 Å². The second-order valence-electron chi connectivity index (χ2n) is 5.91. The van der Waals surface area contributed by atoms with Crippen molar-refractivity contribution >= 4 is 0 Å². The molecule has 118 valence electrons. The molecule has 1 unspecified atom stereocenters. The zero-order chi connectivity index (χ0) is 15.4. The summed E-state index contributed by atoms with van der Waals surface area (Å²) in [7, 11) is 1.68. The number of para-hydroxylation sites is 1. The Bertz CT molecular complexity index is 609. The number of aromatic nitrogens is 1. The van der Waals surface area contributed by atoms with Crippen molar-refractivity contribution in [2.45, 2.75) is 45.2 Å². The lowest BCUT2D eigenvalue weighted by Crippen LogP contribution is -2.38. The van der Waals surface area contributed by atoms with Crippen LogP contribution in [-0.4, -0.2) is 29.8 Å². The fourth-order valence-corrected chi connectivity index (χ4v) is 3.30. The van der Waals surface area contributed by atoms with E-state index in [0.29, 0.717) is 6.04 Å². The van der Waals surface area contributed by atoms with E-state index in [1.807, 2.05) is 30.3 Å². The van der Waals surface area contributed by atoms with Gasteiger partial charge in [-0.2, -0.15) is 0 Å². The molecule has 0 bridgehead atoms. The highest BCUT2D eigenvalue weighted by Gasteiger charge is 2.22. The Morgan fingerprint density at radius 2 is 2.18 bits per heavy atom. The Labute approximate surface area is 132 Å². The van der Waals surface area contributed by atoms with Crippen LogP contribution in [0.5, 0.6) is 5.75 Å². The summed E-state index contributed by atoms with van der Waals surface area (Å²) >= 11 is 0. The van der Waals surface area contributed by atoms with E-state index in [0.717, 1.165) is 35.9 Å². The van der Waals surface area contributed by atoms with Crippen molar-refractivity contribution in [3.8, 4) is 17.0 Å². The van der Waals surface area contributed by atoms with Gasteiger partial charge >= 0.3 is 0 Å². The second kappa shape index (κ2) is 6.97. The third-order valence-electron chi connectivity index (χ3n) is 4.52. The Morgan fingerprint density at radius 3 is 3.00 bits per heavy atom. The molecule has 4 heteroatoms. The normalized spacial score (nSPS) is 19.3. The lowest BCUT2D eigenvalue weighted by molar-refractivity contribution is 0.123. The molecule has 0 N–H and O–H groups in total. The van der Waals surface area contributed by atoms with Crippen LogP contribution in [0.15, 0.2) is 34.9 Å². The van der Waals surface area contributed by atoms with Crippen LogP contribution in [0.25, 0.3) is 11.3 Å². The van der Waals surface area contributed by atoms with Crippen molar-refractivity contribution in [2.75, 3.05) is 13.7 Å². The summed E-state index contributed by atoms with van der Waals surface area (Å²) in [5, 5.41) is 4.23. The van der Waals surface area contributed by atoms with Gasteiger partial charge in [0.15, 0.2) is 5.76 Å². The molecule has 1 aliphatic heterocycles. The van der Waals surface area contributed by atoms with Gasteiger partial charge < -0.3 is 9.26 Å². The first-order valence-electron chi connectivity index (χ1n) is 8.15. The molecule has 22 heavy (non-hydrogen) atoms. The molecule has 0 spiro atoms. The van der Waals surface area contributed by atoms with E-state index in [4.69, 9.17) is 9.26 Å². The van der Waals surface area contributed by atoms with Crippen molar-refractivity contribution in [1.82, 2.24) is 10.1 Å². The summed E-state index contributed by atoms with van der Waals surface area (Å²) in [6, 6.07) is 10.6. The number of benzene rings is 1. The summed E-state index contributed by atoms with van der Waals surface area (Å²) in [4.78, 5) is 2.52. The molecule has 3 rings (SSSR count). The Balaban J connectivity index is 1.76. The van der Waals surface area contributed by atoms with E-state index in [-0.39, 0.29) is 0 Å². The number of ether oxygens (including phenoxy) is 1. The molecule has 2 aromatic rings. The fraction of sp³-hybridized carbons (Fsp3) is 0.500. The summed E-state index contributed by atoms with van der Waals surface area (Å²) in [6.07, 6.45) is 5.12. The van der Waals surface area contributed by atoms with Crippen LogP contribution in [0.3, 0.4) is 0 Å². The third kappa shape index (κ3) is 3.17. The van der Waals surface area contributed by atoms with Crippen LogP contribution in [-0.2, 0) is 6.54 Å². The molecule has 1 atom stereocenters. The average molecular weight is 300 g/mol. The number of hydrogen-bond acceptors (Lipinski definition) is 4. The molecular formula is C18H24N2O2. The first-order valence-corrected chi connectivity index (χ1v) is 8.15. The van der Waals surface area contributed by atoms with E-state index in [1.165, 1.54) is 25.7 Å². The largest absolute Gasteiger partial charge is 0.496 e. The highest BCUT2D eigenvalue weighted by atomic mass is 16.5. The van der Waals surface area contributed by atoms with E-state index in [2.05, 4.69) is 17.0 Å². The number of piperidine rings is 1. The minimum atomic E-state index is 0.675. The van der Waals surface area contributed by atoms with Gasteiger partial charge in [-0.25, -0.2) is 0 Å². The Hall–Kier alpha value is -1.81. The zero-order valence-electron chi connectivity index (χ0n) is 13.4. The smallest absolute Gasteiger partial charge is 0.151 e. The van der Waals surface area contributed by atoms with Crippen molar-refractivity contribution in [3.63, 3.8) is 0 Å². The van der Waals surface area contributed by atoms with Crippen LogP contribution in [0.2, 0.25) is 0 Å². The maximum absolute atomic E-state index is 5.57. The summed E-state index contributed by atoms with van der Waals surface area (Å²) in [5.41, 5.74) is 1.82. The molecule has 1 aromatic carbocycles. The highest BCUT2D eigenvalue weighted by Crippen LogP contribution is 2.30. The molecule has 1 fully saturated rings. The second-order valence-corrected chi connectivity index (χ2v) is 5.91. The standard InChI is InChI=1S/C18H24N2O2/c1-3-14-8-6-7-11-20(14)13-15-12-17(19-22-15)16-9-4-5-10-18(16)21-2/h4-5,9-10,12,14H,3,6-8,11,13H2,1-2H3. The molecule has 1 aromatic heterocycles. The maximum atomic E-state index is 5.57. The number of methoxy groups -OCH3 is 1. The SMILES string of the molecule is CCC1CCCCN1Cc1cc(-c2ccccc2OC)no1. The minimum absolute atomic E-state index is 0.675. The first-order chi connectivity index (χ1) is 10.8. The van der Waals surface area contributed by atoms with Gasteiger partial charge in [-0.1, -0.05) is 30.6 Å². The van der Waals surface area contributed by atoms with Gasteiger partial charge in [0.25, 0.3) is 0 Å². The highest BCUT2D eigenvalue weighted by molar-refractivity contribution is 5.66. The van der Waals surface area contributed by atoms with Gasteiger partial charge in [-0.15, -0.1) is 0 Å². The molecule has 0 radical (unpaired) electrons. The van der Waals surface area contributed by atoms with E-state index in [9.17, 15) is 0 Å². The lowest BCUT2D eigenvalue weighted by Gasteiger charge is -2.34. The quantitative estimate of drug-likeness (QED) is 0.832. The number of rotatable bonds is 5. The van der Waals surface area contributed by atoms with Gasteiger partial charge in [0, 0.05) is 17.7 Å². The van der Waals surface area contributed by atoms with Crippen LogP contribution < -0.4 is 4.74 Å². The minimum Gasteiger partial charge on any atom is -0.496 e. The molecular weight excluding hydrogens is 276 g/mol. The number of likely N-dealkylation sites (tertiary alicyclic amines) is 1. The topological polar surface area (TPSA) is 38.5 Å². The summed E-state index contributed by atoms with van der Waals surface area (Å²) < 4.78 is 11.0. The molecule has 4 nitrogen and oxygen atoms in total. The van der Waals surface area contributed by atoms with Crippen LogP contribution >= 0.6 is 0 Å². The zero-order valence-corrected chi connectivity index (χ0v) is 13.4. The number of hydrogen-bond donors (Lipinski definition) is 0. The monoisotopic (exact) mass is 300 g/mol. The van der Waals surface area contributed by atoms with Crippen molar-refractivity contribution in [2.24, 2.45) is 0 Å². The van der Waals surface area contributed by atoms with Crippen molar-refractivity contribution in [3.05, 3.63) is 36.1 Å². The summed E-state index contributed by atoms with van der Waals surface area (Å²) in [5.74, 6) is 1.76.